The Kier molecular flexibility index (Phi) is 7.13. The maximum absolute atomic E-state index is 12.2. The number of benzene rings is 2. The molecule has 0 spiro atoms. The zero-order chi connectivity index (χ0) is 19.2. The Morgan fingerprint density at radius 3 is 2.78 bits per heavy atom. The molecule has 1 fully saturated rings. The highest BCUT2D eigenvalue weighted by atomic mass is 79.9. The van der Waals surface area contributed by atoms with Gasteiger partial charge in [0.15, 0.2) is 6.61 Å². The molecular formula is C19H17BrCl2N2O3. The summed E-state index contributed by atoms with van der Waals surface area (Å²) in [5.41, 5.74) is 1.45. The van der Waals surface area contributed by atoms with Crippen LogP contribution in [0.25, 0.3) is 0 Å². The zero-order valence-electron chi connectivity index (χ0n) is 14.3. The number of nitrogens with zero attached hydrogens (tertiary/aromatic N) is 2. The lowest BCUT2D eigenvalue weighted by Gasteiger charge is -2.26. The molecule has 1 amide bonds. The molecule has 1 aliphatic rings. The van der Waals surface area contributed by atoms with Crippen molar-refractivity contribution in [1.82, 2.24) is 4.90 Å². The SMILES string of the molecule is O=C(COc1ccc(C=Nc2cccc(Cl)c2Cl)cc1Br)N1CCOCC1. The Labute approximate surface area is 176 Å². The summed E-state index contributed by atoms with van der Waals surface area (Å²) in [6.45, 7) is 2.33. The fourth-order valence-corrected chi connectivity index (χ4v) is 3.35. The predicted molar refractivity (Wildman–Crippen MR) is 111 cm³/mol. The van der Waals surface area contributed by atoms with Crippen molar-refractivity contribution in [1.29, 1.82) is 0 Å². The van der Waals surface area contributed by atoms with Gasteiger partial charge < -0.3 is 14.4 Å². The molecule has 1 heterocycles. The molecule has 2 aromatic rings. The van der Waals surface area contributed by atoms with Crippen molar-refractivity contribution in [2.75, 3.05) is 32.9 Å². The number of rotatable bonds is 5. The number of aliphatic imine (C=N–C) groups is 1. The van der Waals surface area contributed by atoms with Crippen LogP contribution in [0.3, 0.4) is 0 Å². The first-order valence-electron chi connectivity index (χ1n) is 8.30. The standard InChI is InChI=1S/C19H17BrCl2N2O3/c20-14-10-13(11-23-16-3-1-2-15(21)19(16)22)4-5-17(14)27-12-18(25)24-6-8-26-9-7-24/h1-5,10-11H,6-9,12H2. The second-order valence-corrected chi connectivity index (χ2v) is 7.44. The highest BCUT2D eigenvalue weighted by molar-refractivity contribution is 9.10. The molecule has 0 aromatic heterocycles. The number of carbonyl (C=O) groups is 1. The number of ether oxygens (including phenoxy) is 2. The Balaban J connectivity index is 1.62. The molecule has 1 aliphatic heterocycles. The lowest BCUT2D eigenvalue weighted by atomic mass is 10.2. The summed E-state index contributed by atoms with van der Waals surface area (Å²) in [7, 11) is 0. The Morgan fingerprint density at radius 1 is 1.26 bits per heavy atom. The molecule has 1 saturated heterocycles. The summed E-state index contributed by atoms with van der Waals surface area (Å²) < 4.78 is 11.6. The van der Waals surface area contributed by atoms with Crippen molar-refractivity contribution < 1.29 is 14.3 Å². The third-order valence-electron chi connectivity index (χ3n) is 3.95. The number of halogens is 3. The van der Waals surface area contributed by atoms with E-state index in [1.54, 1.807) is 35.4 Å². The van der Waals surface area contributed by atoms with Gasteiger partial charge in [0.1, 0.15) is 5.75 Å². The summed E-state index contributed by atoms with van der Waals surface area (Å²) in [6.07, 6.45) is 1.69. The highest BCUT2D eigenvalue weighted by Gasteiger charge is 2.17. The van der Waals surface area contributed by atoms with E-state index in [0.29, 0.717) is 47.8 Å². The number of morpholine rings is 1. The van der Waals surface area contributed by atoms with E-state index in [1.807, 2.05) is 12.1 Å². The third-order valence-corrected chi connectivity index (χ3v) is 5.38. The first-order valence-corrected chi connectivity index (χ1v) is 9.85. The number of carbonyl (C=O) groups excluding carboxylic acids is 1. The minimum Gasteiger partial charge on any atom is -0.483 e. The van der Waals surface area contributed by atoms with E-state index >= 15 is 0 Å². The van der Waals surface area contributed by atoms with Crippen LogP contribution in [0.2, 0.25) is 10.0 Å². The third kappa shape index (κ3) is 5.45. The van der Waals surface area contributed by atoms with Crippen LogP contribution >= 0.6 is 39.1 Å². The second kappa shape index (κ2) is 9.55. The van der Waals surface area contributed by atoms with Gasteiger partial charge in [-0.25, -0.2) is 0 Å². The molecule has 2 aromatic carbocycles. The molecule has 0 bridgehead atoms. The highest BCUT2D eigenvalue weighted by Crippen LogP contribution is 2.32. The van der Waals surface area contributed by atoms with Crippen LogP contribution in [0.1, 0.15) is 5.56 Å². The van der Waals surface area contributed by atoms with E-state index in [0.717, 1.165) is 10.0 Å². The second-order valence-electron chi connectivity index (χ2n) is 5.80. The van der Waals surface area contributed by atoms with E-state index < -0.39 is 0 Å². The maximum Gasteiger partial charge on any atom is 0.260 e. The summed E-state index contributed by atoms with van der Waals surface area (Å²) in [5.74, 6) is 0.543. The zero-order valence-corrected chi connectivity index (χ0v) is 17.4. The van der Waals surface area contributed by atoms with Crippen LogP contribution in [0.15, 0.2) is 45.9 Å². The first-order chi connectivity index (χ1) is 13.0. The van der Waals surface area contributed by atoms with Gasteiger partial charge in [0.25, 0.3) is 5.91 Å². The first kappa shape index (κ1) is 20.1. The van der Waals surface area contributed by atoms with Crippen molar-refractivity contribution in [3.05, 3.63) is 56.5 Å². The van der Waals surface area contributed by atoms with Crippen molar-refractivity contribution in [2.24, 2.45) is 4.99 Å². The van der Waals surface area contributed by atoms with E-state index in [4.69, 9.17) is 32.7 Å². The normalized spacial score (nSPS) is 14.6. The minimum absolute atomic E-state index is 0.00976. The molecule has 0 N–H and O–H groups in total. The number of amides is 1. The van der Waals surface area contributed by atoms with Gasteiger partial charge in [-0.2, -0.15) is 0 Å². The fourth-order valence-electron chi connectivity index (χ4n) is 2.49. The van der Waals surface area contributed by atoms with Gasteiger partial charge in [-0.15, -0.1) is 0 Å². The molecule has 8 heteroatoms. The van der Waals surface area contributed by atoms with Gasteiger partial charge in [0, 0.05) is 19.3 Å². The number of hydrogen-bond acceptors (Lipinski definition) is 4. The topological polar surface area (TPSA) is 51.1 Å². The van der Waals surface area contributed by atoms with Crippen LogP contribution in [0.4, 0.5) is 5.69 Å². The molecule has 0 radical (unpaired) electrons. The van der Waals surface area contributed by atoms with Crippen molar-refractivity contribution in [3.8, 4) is 5.75 Å². The number of hydrogen-bond donors (Lipinski definition) is 0. The van der Waals surface area contributed by atoms with E-state index in [-0.39, 0.29) is 12.5 Å². The molecule has 142 valence electrons. The summed E-state index contributed by atoms with van der Waals surface area (Å²) in [4.78, 5) is 18.3. The molecule has 3 rings (SSSR count). The van der Waals surface area contributed by atoms with Crippen LogP contribution < -0.4 is 4.74 Å². The van der Waals surface area contributed by atoms with Gasteiger partial charge in [0.05, 0.1) is 33.4 Å². The lowest BCUT2D eigenvalue weighted by molar-refractivity contribution is -0.137. The van der Waals surface area contributed by atoms with E-state index in [9.17, 15) is 4.79 Å². The average molecular weight is 472 g/mol. The van der Waals surface area contributed by atoms with Crippen molar-refractivity contribution >= 4 is 56.9 Å². The molecule has 0 atom stereocenters. The Hall–Kier alpha value is -1.60. The van der Waals surface area contributed by atoms with Gasteiger partial charge in [0.2, 0.25) is 0 Å². The summed E-state index contributed by atoms with van der Waals surface area (Å²) >= 11 is 15.6. The smallest absolute Gasteiger partial charge is 0.260 e. The Bertz CT molecular complexity index is 855. The summed E-state index contributed by atoms with van der Waals surface area (Å²) in [6, 6.07) is 10.8. The van der Waals surface area contributed by atoms with Gasteiger partial charge in [-0.3, -0.25) is 9.79 Å². The monoisotopic (exact) mass is 470 g/mol. The van der Waals surface area contributed by atoms with E-state index in [2.05, 4.69) is 20.9 Å². The van der Waals surface area contributed by atoms with Gasteiger partial charge >= 0.3 is 0 Å². The van der Waals surface area contributed by atoms with Crippen LogP contribution in [0.5, 0.6) is 5.75 Å². The predicted octanol–water partition coefficient (Wildman–Crippen LogP) is 4.74. The molecule has 0 saturated carbocycles. The van der Waals surface area contributed by atoms with Crippen LogP contribution in [-0.2, 0) is 9.53 Å². The average Bonchev–Trinajstić information content (AvgIpc) is 2.69. The quantitative estimate of drug-likeness (QED) is 0.591. The summed E-state index contributed by atoms with van der Waals surface area (Å²) in [5, 5.41) is 0.872. The largest absolute Gasteiger partial charge is 0.483 e. The molecule has 0 unspecified atom stereocenters. The van der Waals surface area contributed by atoms with Crippen LogP contribution in [-0.4, -0.2) is 49.9 Å². The van der Waals surface area contributed by atoms with Gasteiger partial charge in [-0.05, 0) is 51.8 Å². The lowest BCUT2D eigenvalue weighted by Crippen LogP contribution is -2.43. The molecular weight excluding hydrogens is 455 g/mol. The van der Waals surface area contributed by atoms with Crippen molar-refractivity contribution in [2.45, 2.75) is 0 Å². The van der Waals surface area contributed by atoms with Gasteiger partial charge in [-0.1, -0.05) is 29.3 Å². The Morgan fingerprint density at radius 2 is 2.04 bits per heavy atom. The van der Waals surface area contributed by atoms with Crippen LogP contribution in [0, 0.1) is 0 Å². The molecule has 5 nitrogen and oxygen atoms in total. The maximum atomic E-state index is 12.2. The molecule has 27 heavy (non-hydrogen) atoms. The molecule has 0 aliphatic carbocycles. The minimum atomic E-state index is -0.0496. The fraction of sp³-hybridized carbons (Fsp3) is 0.263. The van der Waals surface area contributed by atoms with Crippen molar-refractivity contribution in [3.63, 3.8) is 0 Å². The van der Waals surface area contributed by atoms with E-state index in [1.165, 1.54) is 0 Å².